The summed E-state index contributed by atoms with van der Waals surface area (Å²) in [5.74, 6) is 0. The Bertz CT molecular complexity index is 202. The molecule has 0 aliphatic heterocycles. The molecule has 0 aliphatic carbocycles. The summed E-state index contributed by atoms with van der Waals surface area (Å²) in [6, 6.07) is 0. The first-order chi connectivity index (χ1) is 4.96. The predicted octanol–water partition coefficient (Wildman–Crippen LogP) is 0.612. The lowest BCUT2D eigenvalue weighted by Crippen LogP contribution is -2.53. The molecule has 0 rings (SSSR count). The van der Waals surface area contributed by atoms with Crippen LogP contribution in [0.4, 0.5) is 0 Å². The van der Waals surface area contributed by atoms with Crippen molar-refractivity contribution in [2.75, 3.05) is 0 Å². The molecule has 0 heterocycles. The van der Waals surface area contributed by atoms with Gasteiger partial charge in [0.25, 0.3) is 0 Å². The molecule has 74 valence electrons. The highest BCUT2D eigenvalue weighted by Gasteiger charge is 2.39. The standard InChI is InChI=1S/C6H16NO4P/c1-5(2,7)6(3,4)11-12(8,9)10/h7H2,1-4H3,(H2,8,9,10). The molecule has 6 heteroatoms. The average molecular weight is 197 g/mol. The smallest absolute Gasteiger partial charge is 0.323 e. The van der Waals surface area contributed by atoms with Crippen LogP contribution in [0.1, 0.15) is 27.7 Å². The molecule has 0 aliphatic rings. The molecule has 0 atom stereocenters. The highest BCUT2D eigenvalue weighted by molar-refractivity contribution is 7.46. The Hall–Kier alpha value is 0.0700. The summed E-state index contributed by atoms with van der Waals surface area (Å²) >= 11 is 0. The summed E-state index contributed by atoms with van der Waals surface area (Å²) in [5.41, 5.74) is 3.78. The van der Waals surface area contributed by atoms with Gasteiger partial charge in [-0.3, -0.25) is 4.52 Å². The van der Waals surface area contributed by atoms with E-state index in [9.17, 15) is 4.57 Å². The van der Waals surface area contributed by atoms with Crippen LogP contribution in [0.25, 0.3) is 0 Å². The van der Waals surface area contributed by atoms with Crippen LogP contribution >= 0.6 is 7.82 Å². The van der Waals surface area contributed by atoms with Crippen molar-refractivity contribution in [2.45, 2.75) is 38.8 Å². The van der Waals surface area contributed by atoms with Gasteiger partial charge < -0.3 is 15.5 Å². The summed E-state index contributed by atoms with van der Waals surface area (Å²) < 4.78 is 15.0. The van der Waals surface area contributed by atoms with Gasteiger partial charge in [-0.2, -0.15) is 0 Å². The highest BCUT2D eigenvalue weighted by Crippen LogP contribution is 2.43. The summed E-state index contributed by atoms with van der Waals surface area (Å²) in [6.45, 7) is 6.35. The number of hydrogen-bond donors (Lipinski definition) is 3. The molecule has 5 nitrogen and oxygen atoms in total. The van der Waals surface area contributed by atoms with Gasteiger partial charge in [0, 0.05) is 5.54 Å². The van der Waals surface area contributed by atoms with Crippen LogP contribution in [0.2, 0.25) is 0 Å². The Morgan fingerprint density at radius 2 is 1.58 bits per heavy atom. The van der Waals surface area contributed by atoms with Crippen LogP contribution in [-0.4, -0.2) is 20.9 Å². The van der Waals surface area contributed by atoms with Crippen molar-refractivity contribution in [3.8, 4) is 0 Å². The van der Waals surface area contributed by atoms with E-state index in [0.29, 0.717) is 0 Å². The van der Waals surface area contributed by atoms with E-state index in [1.807, 2.05) is 0 Å². The van der Waals surface area contributed by atoms with Crippen LogP contribution < -0.4 is 5.73 Å². The molecule has 0 spiro atoms. The first kappa shape index (κ1) is 12.1. The molecule has 0 bridgehead atoms. The molecular formula is C6H16NO4P. The van der Waals surface area contributed by atoms with Crippen molar-refractivity contribution < 1.29 is 18.9 Å². The Morgan fingerprint density at radius 1 is 1.25 bits per heavy atom. The molecule has 0 amide bonds. The van der Waals surface area contributed by atoms with Crippen LogP contribution in [0, 0.1) is 0 Å². The zero-order chi connectivity index (χ0) is 10.2. The van der Waals surface area contributed by atoms with Gasteiger partial charge in [-0.05, 0) is 27.7 Å². The molecule has 0 unspecified atom stereocenters. The predicted molar refractivity (Wildman–Crippen MR) is 45.5 cm³/mol. The van der Waals surface area contributed by atoms with E-state index in [-0.39, 0.29) is 0 Å². The summed E-state index contributed by atoms with van der Waals surface area (Å²) in [5, 5.41) is 0. The first-order valence-corrected chi connectivity index (χ1v) is 5.04. The number of phosphoric ester groups is 1. The van der Waals surface area contributed by atoms with Crippen molar-refractivity contribution in [1.82, 2.24) is 0 Å². The van der Waals surface area contributed by atoms with Crippen molar-refractivity contribution in [3.63, 3.8) is 0 Å². The van der Waals surface area contributed by atoms with E-state index in [1.165, 1.54) is 13.8 Å². The van der Waals surface area contributed by atoms with E-state index < -0.39 is 19.0 Å². The topological polar surface area (TPSA) is 92.8 Å². The number of rotatable bonds is 3. The highest BCUT2D eigenvalue weighted by atomic mass is 31.2. The third-order valence-electron chi connectivity index (χ3n) is 1.90. The van der Waals surface area contributed by atoms with Gasteiger partial charge in [-0.15, -0.1) is 0 Å². The average Bonchev–Trinajstić information content (AvgIpc) is 1.52. The normalized spacial score (nSPS) is 14.9. The lowest BCUT2D eigenvalue weighted by atomic mass is 9.87. The van der Waals surface area contributed by atoms with Gasteiger partial charge in [-0.1, -0.05) is 0 Å². The molecule has 0 aromatic heterocycles. The molecule has 0 saturated heterocycles. The zero-order valence-corrected chi connectivity index (χ0v) is 8.63. The maximum Gasteiger partial charge on any atom is 0.470 e. The molecule has 0 radical (unpaired) electrons. The minimum Gasteiger partial charge on any atom is -0.323 e. The quantitative estimate of drug-likeness (QED) is 0.576. The van der Waals surface area contributed by atoms with Gasteiger partial charge in [-0.25, -0.2) is 4.57 Å². The molecule has 0 saturated carbocycles. The van der Waals surface area contributed by atoms with Gasteiger partial charge in [0.2, 0.25) is 0 Å². The summed E-state index contributed by atoms with van der Waals surface area (Å²) in [7, 11) is -4.46. The second-order valence-electron chi connectivity index (χ2n) is 3.81. The molecule has 0 fully saturated rings. The summed E-state index contributed by atoms with van der Waals surface area (Å²) in [6.07, 6.45) is 0. The van der Waals surface area contributed by atoms with E-state index in [2.05, 4.69) is 4.52 Å². The van der Waals surface area contributed by atoms with Gasteiger partial charge in [0.1, 0.15) is 0 Å². The Kier molecular flexibility index (Phi) is 3.10. The van der Waals surface area contributed by atoms with Crippen molar-refractivity contribution in [3.05, 3.63) is 0 Å². The van der Waals surface area contributed by atoms with E-state index >= 15 is 0 Å². The molecule has 12 heavy (non-hydrogen) atoms. The fraction of sp³-hybridized carbons (Fsp3) is 1.00. The number of hydrogen-bond acceptors (Lipinski definition) is 3. The van der Waals surface area contributed by atoms with E-state index in [1.54, 1.807) is 13.8 Å². The Morgan fingerprint density at radius 3 is 1.67 bits per heavy atom. The van der Waals surface area contributed by atoms with Crippen molar-refractivity contribution in [1.29, 1.82) is 0 Å². The van der Waals surface area contributed by atoms with Crippen LogP contribution in [0.15, 0.2) is 0 Å². The van der Waals surface area contributed by atoms with E-state index in [4.69, 9.17) is 15.5 Å². The first-order valence-electron chi connectivity index (χ1n) is 3.51. The summed E-state index contributed by atoms with van der Waals surface area (Å²) in [4.78, 5) is 17.1. The number of nitrogens with two attached hydrogens (primary N) is 1. The number of phosphoric acid groups is 1. The van der Waals surface area contributed by atoms with Crippen LogP contribution in [0.3, 0.4) is 0 Å². The maximum atomic E-state index is 10.5. The SMILES string of the molecule is CC(C)(N)C(C)(C)OP(=O)(O)O. The molecular weight excluding hydrogens is 181 g/mol. The van der Waals surface area contributed by atoms with Gasteiger partial charge in [0.05, 0.1) is 5.60 Å². The Labute approximate surface area is 72.2 Å². The second kappa shape index (κ2) is 3.09. The van der Waals surface area contributed by atoms with Gasteiger partial charge in [0.15, 0.2) is 0 Å². The fourth-order valence-electron chi connectivity index (χ4n) is 0.415. The largest absolute Gasteiger partial charge is 0.470 e. The third-order valence-corrected chi connectivity index (χ3v) is 2.59. The lowest BCUT2D eigenvalue weighted by molar-refractivity contribution is 0.0116. The van der Waals surface area contributed by atoms with Gasteiger partial charge >= 0.3 is 7.82 Å². The molecule has 0 aromatic carbocycles. The molecule has 0 aromatic rings. The lowest BCUT2D eigenvalue weighted by Gasteiger charge is -2.37. The van der Waals surface area contributed by atoms with Crippen molar-refractivity contribution in [2.24, 2.45) is 5.73 Å². The van der Waals surface area contributed by atoms with Crippen LogP contribution in [-0.2, 0) is 9.09 Å². The Balaban J connectivity index is 4.56. The second-order valence-corrected chi connectivity index (χ2v) is 4.98. The maximum absolute atomic E-state index is 10.5. The molecule has 4 N–H and O–H groups in total. The van der Waals surface area contributed by atoms with Crippen LogP contribution in [0.5, 0.6) is 0 Å². The van der Waals surface area contributed by atoms with E-state index in [0.717, 1.165) is 0 Å². The zero-order valence-electron chi connectivity index (χ0n) is 7.74. The minimum atomic E-state index is -4.46. The monoisotopic (exact) mass is 197 g/mol. The third kappa shape index (κ3) is 3.65. The van der Waals surface area contributed by atoms with Crippen molar-refractivity contribution >= 4 is 7.82 Å². The minimum absolute atomic E-state index is 0.811. The fourth-order valence-corrected chi connectivity index (χ4v) is 1.24.